The van der Waals surface area contributed by atoms with Crippen LogP contribution in [0.4, 0.5) is 8.78 Å². The summed E-state index contributed by atoms with van der Waals surface area (Å²) < 4.78 is 28.2. The van der Waals surface area contributed by atoms with E-state index in [1.165, 1.54) is 18.5 Å². The van der Waals surface area contributed by atoms with Gasteiger partial charge in [0.1, 0.15) is 12.1 Å². The van der Waals surface area contributed by atoms with Crippen molar-refractivity contribution in [3.05, 3.63) is 42.0 Å². The molecule has 2 rings (SSSR count). The lowest BCUT2D eigenvalue weighted by atomic mass is 10.1. The maximum atomic E-state index is 12.0. The summed E-state index contributed by atoms with van der Waals surface area (Å²) in [7, 11) is 0. The molecule has 0 aliphatic carbocycles. The van der Waals surface area contributed by atoms with Gasteiger partial charge in [-0.05, 0) is 24.1 Å². The van der Waals surface area contributed by atoms with Gasteiger partial charge in [-0.3, -0.25) is 9.89 Å². The Morgan fingerprint density at radius 2 is 2.10 bits per heavy atom. The van der Waals surface area contributed by atoms with Crippen LogP contribution in [0, 0.1) is 0 Å². The predicted octanol–water partition coefficient (Wildman–Crippen LogP) is 1.38. The van der Waals surface area contributed by atoms with E-state index in [1.807, 2.05) is 0 Å². The third kappa shape index (κ3) is 4.01. The SMILES string of the molecule is O=C(NCCc1ccc(OC(F)F)cc1)c1ncn[nH]1. The van der Waals surface area contributed by atoms with Crippen LogP contribution in [0.2, 0.25) is 0 Å². The van der Waals surface area contributed by atoms with Crippen molar-refractivity contribution in [2.75, 3.05) is 6.54 Å². The van der Waals surface area contributed by atoms with Crippen molar-refractivity contribution in [3.8, 4) is 5.75 Å². The van der Waals surface area contributed by atoms with E-state index in [4.69, 9.17) is 0 Å². The van der Waals surface area contributed by atoms with E-state index in [2.05, 4.69) is 25.2 Å². The molecule has 1 aromatic heterocycles. The van der Waals surface area contributed by atoms with Gasteiger partial charge in [0.15, 0.2) is 0 Å². The number of benzene rings is 1. The number of hydrogen-bond donors (Lipinski definition) is 2. The summed E-state index contributed by atoms with van der Waals surface area (Å²) in [5.74, 6) is -0.0970. The number of carbonyl (C=O) groups excluding carboxylic acids is 1. The Morgan fingerprint density at radius 3 is 2.70 bits per heavy atom. The summed E-state index contributed by atoms with van der Waals surface area (Å²) in [6.07, 6.45) is 1.81. The lowest BCUT2D eigenvalue weighted by Gasteiger charge is -2.06. The van der Waals surface area contributed by atoms with Gasteiger partial charge in [0.2, 0.25) is 5.82 Å². The molecular weight excluding hydrogens is 270 g/mol. The fourth-order valence-corrected chi connectivity index (χ4v) is 1.56. The Bertz CT molecular complexity index is 543. The number of rotatable bonds is 6. The highest BCUT2D eigenvalue weighted by Gasteiger charge is 2.07. The standard InChI is InChI=1S/C12H12F2N4O2/c13-12(14)20-9-3-1-8(2-4-9)5-6-15-11(19)10-16-7-17-18-10/h1-4,7,12H,5-6H2,(H,15,19)(H,16,17,18). The maximum Gasteiger partial charge on any atom is 0.387 e. The summed E-state index contributed by atoms with van der Waals surface area (Å²) in [5.41, 5.74) is 0.893. The van der Waals surface area contributed by atoms with Crippen molar-refractivity contribution < 1.29 is 18.3 Å². The molecule has 20 heavy (non-hydrogen) atoms. The first-order chi connectivity index (χ1) is 9.65. The number of amides is 1. The maximum absolute atomic E-state index is 12.0. The fourth-order valence-electron chi connectivity index (χ4n) is 1.56. The Kier molecular flexibility index (Phi) is 4.59. The number of nitrogens with zero attached hydrogens (tertiary/aromatic N) is 2. The Labute approximate surface area is 113 Å². The molecule has 0 unspecified atom stereocenters. The van der Waals surface area contributed by atoms with Gasteiger partial charge in [-0.1, -0.05) is 12.1 Å². The first-order valence-corrected chi connectivity index (χ1v) is 5.82. The number of aromatic amines is 1. The van der Waals surface area contributed by atoms with Crippen LogP contribution in [0.1, 0.15) is 16.2 Å². The molecule has 2 aromatic rings. The molecule has 8 heteroatoms. The van der Waals surface area contributed by atoms with Crippen molar-refractivity contribution >= 4 is 5.91 Å². The Morgan fingerprint density at radius 1 is 1.35 bits per heavy atom. The lowest BCUT2D eigenvalue weighted by molar-refractivity contribution is -0.0498. The van der Waals surface area contributed by atoms with Crippen LogP contribution >= 0.6 is 0 Å². The van der Waals surface area contributed by atoms with Crippen LogP contribution in [-0.2, 0) is 6.42 Å². The van der Waals surface area contributed by atoms with E-state index >= 15 is 0 Å². The average Bonchev–Trinajstić information content (AvgIpc) is 2.94. The van der Waals surface area contributed by atoms with Gasteiger partial charge in [0, 0.05) is 6.54 Å². The van der Waals surface area contributed by atoms with Gasteiger partial charge < -0.3 is 10.1 Å². The molecule has 2 N–H and O–H groups in total. The van der Waals surface area contributed by atoms with Gasteiger partial charge in [0.25, 0.3) is 5.91 Å². The molecule has 0 aliphatic rings. The van der Waals surface area contributed by atoms with Crippen LogP contribution in [0.25, 0.3) is 0 Å². The number of alkyl halides is 2. The quantitative estimate of drug-likeness (QED) is 0.838. The molecule has 0 aliphatic heterocycles. The summed E-state index contributed by atoms with van der Waals surface area (Å²) in [6, 6.07) is 6.25. The van der Waals surface area contributed by atoms with Crippen molar-refractivity contribution in [1.29, 1.82) is 0 Å². The molecule has 0 bridgehead atoms. The zero-order chi connectivity index (χ0) is 14.4. The van der Waals surface area contributed by atoms with Crippen molar-refractivity contribution in [2.45, 2.75) is 13.0 Å². The highest BCUT2D eigenvalue weighted by atomic mass is 19.3. The molecule has 106 valence electrons. The average molecular weight is 282 g/mol. The molecule has 1 aromatic carbocycles. The molecule has 0 saturated heterocycles. The Balaban J connectivity index is 1.78. The second-order valence-electron chi connectivity index (χ2n) is 3.86. The van der Waals surface area contributed by atoms with E-state index in [0.717, 1.165) is 5.56 Å². The molecule has 1 amide bonds. The number of hydrogen-bond acceptors (Lipinski definition) is 4. The smallest absolute Gasteiger partial charge is 0.387 e. The minimum Gasteiger partial charge on any atom is -0.435 e. The second-order valence-corrected chi connectivity index (χ2v) is 3.86. The van der Waals surface area contributed by atoms with E-state index in [-0.39, 0.29) is 17.5 Å². The third-order valence-electron chi connectivity index (χ3n) is 2.48. The molecule has 0 atom stereocenters. The third-order valence-corrected chi connectivity index (χ3v) is 2.48. The first kappa shape index (κ1) is 13.9. The second kappa shape index (κ2) is 6.60. The van der Waals surface area contributed by atoms with Crippen LogP contribution < -0.4 is 10.1 Å². The zero-order valence-electron chi connectivity index (χ0n) is 10.3. The predicted molar refractivity (Wildman–Crippen MR) is 65.5 cm³/mol. The first-order valence-electron chi connectivity index (χ1n) is 5.82. The molecule has 0 radical (unpaired) electrons. The molecule has 0 fully saturated rings. The molecule has 0 spiro atoms. The van der Waals surface area contributed by atoms with Crippen LogP contribution in [0.3, 0.4) is 0 Å². The van der Waals surface area contributed by atoms with E-state index in [9.17, 15) is 13.6 Å². The van der Waals surface area contributed by atoms with Gasteiger partial charge in [-0.15, -0.1) is 0 Å². The van der Waals surface area contributed by atoms with Crippen molar-refractivity contribution in [2.24, 2.45) is 0 Å². The number of ether oxygens (including phenoxy) is 1. The minimum atomic E-state index is -2.83. The lowest BCUT2D eigenvalue weighted by Crippen LogP contribution is -2.26. The van der Waals surface area contributed by atoms with Gasteiger partial charge in [-0.2, -0.15) is 13.9 Å². The highest BCUT2D eigenvalue weighted by Crippen LogP contribution is 2.14. The molecule has 0 saturated carbocycles. The fraction of sp³-hybridized carbons (Fsp3) is 0.250. The van der Waals surface area contributed by atoms with Gasteiger partial charge >= 0.3 is 6.61 Å². The number of H-pyrrole nitrogens is 1. The van der Waals surface area contributed by atoms with Gasteiger partial charge in [0.05, 0.1) is 0 Å². The van der Waals surface area contributed by atoms with E-state index in [1.54, 1.807) is 12.1 Å². The molecule has 1 heterocycles. The number of halogens is 2. The van der Waals surface area contributed by atoms with E-state index < -0.39 is 6.61 Å². The summed E-state index contributed by atoms with van der Waals surface area (Å²) in [6.45, 7) is -2.43. The number of carbonyl (C=O) groups is 1. The van der Waals surface area contributed by atoms with Crippen LogP contribution in [0.5, 0.6) is 5.75 Å². The largest absolute Gasteiger partial charge is 0.435 e. The molecule has 6 nitrogen and oxygen atoms in total. The summed E-state index contributed by atoms with van der Waals surface area (Å²) in [5, 5.41) is 8.68. The van der Waals surface area contributed by atoms with Crippen molar-refractivity contribution in [1.82, 2.24) is 20.5 Å². The van der Waals surface area contributed by atoms with E-state index in [0.29, 0.717) is 13.0 Å². The topological polar surface area (TPSA) is 79.9 Å². The minimum absolute atomic E-state index is 0.106. The monoisotopic (exact) mass is 282 g/mol. The zero-order valence-corrected chi connectivity index (χ0v) is 10.3. The summed E-state index contributed by atoms with van der Waals surface area (Å²) in [4.78, 5) is 15.2. The molecular formula is C12H12F2N4O2. The highest BCUT2D eigenvalue weighted by molar-refractivity contribution is 5.90. The summed E-state index contributed by atoms with van der Waals surface area (Å²) >= 11 is 0. The van der Waals surface area contributed by atoms with Crippen LogP contribution in [0.15, 0.2) is 30.6 Å². The Hall–Kier alpha value is -2.51. The number of aromatic nitrogens is 3. The van der Waals surface area contributed by atoms with Crippen LogP contribution in [-0.4, -0.2) is 34.2 Å². The van der Waals surface area contributed by atoms with Crippen molar-refractivity contribution in [3.63, 3.8) is 0 Å². The normalized spacial score (nSPS) is 10.6. The van der Waals surface area contributed by atoms with Gasteiger partial charge in [-0.25, -0.2) is 4.98 Å². The number of nitrogens with one attached hydrogen (secondary N) is 2.